The Labute approximate surface area is 104 Å². The second-order valence-corrected chi connectivity index (χ2v) is 2.93. The maximum Gasteiger partial charge on any atom is 0.159 e. The lowest BCUT2D eigenvalue weighted by atomic mass is 10.1. The quantitative estimate of drug-likeness (QED) is 0.617. The van der Waals surface area contributed by atoms with Crippen molar-refractivity contribution in [2.24, 2.45) is 0 Å². The summed E-state index contributed by atoms with van der Waals surface area (Å²) in [7, 11) is 0. The number of aryl methyl sites for hydroxylation is 1. The van der Waals surface area contributed by atoms with Crippen molar-refractivity contribution in [2.75, 3.05) is 0 Å². The van der Waals surface area contributed by atoms with E-state index in [4.69, 9.17) is 6.58 Å². The number of hydrogen-bond acceptors (Lipinski definition) is 1. The van der Waals surface area contributed by atoms with Crippen molar-refractivity contribution in [3.05, 3.63) is 55.0 Å². The van der Waals surface area contributed by atoms with Crippen LogP contribution in [-0.2, 0) is 11.2 Å². The molecule has 3 radical (unpaired) electrons. The van der Waals surface area contributed by atoms with Gasteiger partial charge in [0.15, 0.2) is 5.78 Å². The van der Waals surface area contributed by atoms with Crippen LogP contribution in [-0.4, -0.2) is 5.78 Å². The highest BCUT2D eigenvalue weighted by molar-refractivity contribution is 14.0. The van der Waals surface area contributed by atoms with Gasteiger partial charge in [-0.25, -0.2) is 0 Å². The lowest BCUT2D eigenvalue weighted by Gasteiger charge is -1.99. The summed E-state index contributed by atoms with van der Waals surface area (Å²) in [5.74, 6) is -0.0659. The molecule has 0 aromatic heterocycles. The van der Waals surface area contributed by atoms with Crippen LogP contribution in [0.4, 0.5) is 0 Å². The molecule has 0 saturated heterocycles. The van der Waals surface area contributed by atoms with Crippen molar-refractivity contribution in [3.8, 4) is 0 Å². The van der Waals surface area contributed by atoms with Crippen LogP contribution >= 0.6 is 24.0 Å². The van der Waals surface area contributed by atoms with E-state index in [9.17, 15) is 4.79 Å². The summed E-state index contributed by atoms with van der Waals surface area (Å²) in [6.07, 6.45) is 1.18. The Hall–Kier alpha value is -0.640. The standard InChI is InChI=1S/C12H12O.HI.H/c1-10(2)12(13)9-8-11-6-4-3-5-7-11;;/h1,3-7H,2,8-9H2;1H;. The SMILES string of the molecule is I.[CH]=C([CH2])C(=O)CCc1ccccc1.[H]. The molecule has 0 fully saturated rings. The highest BCUT2D eigenvalue weighted by Crippen LogP contribution is 2.04. The Kier molecular flexibility index (Phi) is 6.45. The van der Waals surface area contributed by atoms with E-state index in [-0.39, 0.29) is 36.8 Å². The van der Waals surface area contributed by atoms with Gasteiger partial charge in [0.05, 0.1) is 0 Å². The topological polar surface area (TPSA) is 17.1 Å². The van der Waals surface area contributed by atoms with Gasteiger partial charge in [0.2, 0.25) is 0 Å². The molecular formula is C12H14IO. The van der Waals surface area contributed by atoms with Crippen LogP contribution in [0.2, 0.25) is 0 Å². The van der Waals surface area contributed by atoms with Crippen molar-refractivity contribution in [2.45, 2.75) is 12.8 Å². The summed E-state index contributed by atoms with van der Waals surface area (Å²) in [6, 6.07) is 9.85. The molecule has 0 unspecified atom stereocenters. The molecule has 0 aliphatic heterocycles. The predicted octanol–water partition coefficient (Wildman–Crippen LogP) is 3.11. The molecule has 0 aliphatic carbocycles. The van der Waals surface area contributed by atoms with Gasteiger partial charge >= 0.3 is 0 Å². The molecule has 0 heterocycles. The third kappa shape index (κ3) is 4.56. The first-order chi connectivity index (χ1) is 6.20. The van der Waals surface area contributed by atoms with Gasteiger partial charge < -0.3 is 0 Å². The van der Waals surface area contributed by atoms with E-state index in [0.717, 1.165) is 12.0 Å². The van der Waals surface area contributed by atoms with E-state index in [1.54, 1.807) is 0 Å². The van der Waals surface area contributed by atoms with Crippen LogP contribution in [0.3, 0.4) is 0 Å². The fourth-order valence-electron chi connectivity index (χ4n) is 1.06. The molecular weight excluding hydrogens is 287 g/mol. The molecule has 1 rings (SSSR count). The van der Waals surface area contributed by atoms with Crippen LogP contribution in [0.1, 0.15) is 13.4 Å². The number of carbonyl (C=O) groups is 1. The highest BCUT2D eigenvalue weighted by Gasteiger charge is 2.02. The van der Waals surface area contributed by atoms with E-state index >= 15 is 0 Å². The van der Waals surface area contributed by atoms with Crippen LogP contribution < -0.4 is 0 Å². The number of benzene rings is 1. The van der Waals surface area contributed by atoms with E-state index in [1.807, 2.05) is 30.3 Å². The summed E-state index contributed by atoms with van der Waals surface area (Å²) in [5.41, 5.74) is 1.30. The summed E-state index contributed by atoms with van der Waals surface area (Å²) >= 11 is 0. The van der Waals surface area contributed by atoms with Crippen LogP contribution in [0, 0.1) is 13.5 Å². The third-order valence-corrected chi connectivity index (χ3v) is 1.84. The molecule has 0 atom stereocenters. The van der Waals surface area contributed by atoms with Crippen molar-refractivity contribution in [3.63, 3.8) is 0 Å². The zero-order valence-electron chi connectivity index (χ0n) is 8.90. The Bertz CT molecular complexity index is 309. The molecule has 75 valence electrons. The Morgan fingerprint density at radius 2 is 1.93 bits per heavy atom. The molecule has 0 N–H and O–H groups in total. The van der Waals surface area contributed by atoms with Crippen molar-refractivity contribution < 1.29 is 6.22 Å². The zero-order valence-corrected chi connectivity index (χ0v) is 10.2. The maximum absolute atomic E-state index is 11.1. The number of allylic oxidation sites excluding steroid dienone is 1. The predicted molar refractivity (Wildman–Crippen MR) is 69.5 cm³/mol. The summed E-state index contributed by atoms with van der Waals surface area (Å²) in [5, 5.41) is 0. The highest BCUT2D eigenvalue weighted by atomic mass is 127. The molecule has 0 amide bonds. The van der Waals surface area contributed by atoms with Gasteiger partial charge in [-0.1, -0.05) is 36.9 Å². The summed E-state index contributed by atoms with van der Waals surface area (Å²) in [4.78, 5) is 11.1. The van der Waals surface area contributed by atoms with Gasteiger partial charge in [0, 0.05) is 7.85 Å². The first-order valence-corrected chi connectivity index (χ1v) is 4.21. The lowest BCUT2D eigenvalue weighted by molar-refractivity contribution is -0.115. The molecule has 1 aromatic rings. The van der Waals surface area contributed by atoms with Crippen molar-refractivity contribution >= 4 is 29.8 Å². The number of halogens is 1. The zero-order chi connectivity index (χ0) is 9.68. The molecule has 0 bridgehead atoms. The number of ketones is 1. The minimum Gasteiger partial charge on any atom is -0.295 e. The van der Waals surface area contributed by atoms with Gasteiger partial charge in [-0.3, -0.25) is 4.79 Å². The number of carbonyl (C=O) groups excluding carboxylic acids is 1. The van der Waals surface area contributed by atoms with Crippen LogP contribution in [0.25, 0.3) is 0 Å². The summed E-state index contributed by atoms with van der Waals surface area (Å²) < 4.78 is 0. The van der Waals surface area contributed by atoms with Crippen molar-refractivity contribution in [1.29, 1.82) is 0 Å². The fourth-order valence-corrected chi connectivity index (χ4v) is 1.06. The lowest BCUT2D eigenvalue weighted by Crippen LogP contribution is -2.00. The van der Waals surface area contributed by atoms with Gasteiger partial charge in [0.1, 0.15) is 0 Å². The van der Waals surface area contributed by atoms with Crippen LogP contribution in [0.5, 0.6) is 0 Å². The van der Waals surface area contributed by atoms with Gasteiger partial charge in [0.25, 0.3) is 0 Å². The Balaban J connectivity index is 0. The average molecular weight is 301 g/mol. The molecule has 0 aliphatic rings. The van der Waals surface area contributed by atoms with E-state index in [1.165, 1.54) is 0 Å². The molecule has 0 saturated carbocycles. The number of Topliss-reactive ketones (excluding diaryl/α,β-unsaturated/α-hetero) is 1. The molecule has 14 heavy (non-hydrogen) atoms. The Morgan fingerprint density at radius 3 is 2.43 bits per heavy atom. The maximum atomic E-state index is 11.1. The van der Waals surface area contributed by atoms with Gasteiger partial charge in [-0.2, -0.15) is 0 Å². The fraction of sp³-hybridized carbons (Fsp3) is 0.167. The second-order valence-electron chi connectivity index (χ2n) is 2.93. The third-order valence-electron chi connectivity index (χ3n) is 1.84. The summed E-state index contributed by atoms with van der Waals surface area (Å²) in [6.45, 7) is 8.65. The minimum absolute atomic E-state index is 0. The van der Waals surface area contributed by atoms with E-state index in [0.29, 0.717) is 6.42 Å². The van der Waals surface area contributed by atoms with Gasteiger partial charge in [-0.05, 0) is 24.5 Å². The molecule has 1 nitrogen and oxygen atoms in total. The molecule has 2 heteroatoms. The van der Waals surface area contributed by atoms with Gasteiger partial charge in [-0.15, -0.1) is 24.0 Å². The molecule has 1 aromatic carbocycles. The first-order valence-electron chi connectivity index (χ1n) is 4.21. The van der Waals surface area contributed by atoms with E-state index < -0.39 is 0 Å². The second kappa shape index (κ2) is 6.76. The minimum atomic E-state index is -0.0659. The Morgan fingerprint density at radius 1 is 1.36 bits per heavy atom. The van der Waals surface area contributed by atoms with E-state index in [2.05, 4.69) is 6.92 Å². The average Bonchev–Trinajstić information content (AvgIpc) is 2.15. The monoisotopic (exact) mass is 301 g/mol. The molecule has 0 spiro atoms. The first kappa shape index (κ1) is 13.4. The van der Waals surface area contributed by atoms with Crippen LogP contribution in [0.15, 0.2) is 35.9 Å². The van der Waals surface area contributed by atoms with Crippen molar-refractivity contribution in [1.82, 2.24) is 0 Å². The smallest absolute Gasteiger partial charge is 0.159 e. The largest absolute Gasteiger partial charge is 0.295 e. The number of hydrogen-bond donors (Lipinski definition) is 0. The normalized spacial score (nSPS) is 8.93. The number of rotatable bonds is 4.